The second-order valence-corrected chi connectivity index (χ2v) is 11.1. The largest absolute Gasteiger partial charge is 0.738 e. The van der Waals surface area contributed by atoms with E-state index < -0.39 is 33.5 Å². The number of fused-ring (bicyclic) bond motifs is 5. The molecule has 180 valence electrons. The molecule has 32 heavy (non-hydrogen) atoms. The van der Waals surface area contributed by atoms with Gasteiger partial charge in [0.1, 0.15) is 6.61 Å². The summed E-state index contributed by atoms with van der Waals surface area (Å²) in [5.41, 5.74) is -2.49. The summed E-state index contributed by atoms with van der Waals surface area (Å²) >= 11 is 0. The van der Waals surface area contributed by atoms with Crippen LogP contribution in [0.4, 0.5) is 0 Å². The predicted octanol–water partition coefficient (Wildman–Crippen LogP) is 1.82. The van der Waals surface area contributed by atoms with E-state index in [9.17, 15) is 25.3 Å². The van der Waals surface area contributed by atoms with Crippen LogP contribution in [0.3, 0.4) is 0 Å². The number of ether oxygens (including phenoxy) is 1. The van der Waals surface area contributed by atoms with Crippen molar-refractivity contribution >= 4 is 5.97 Å². The third-order valence-corrected chi connectivity index (χ3v) is 10.2. The summed E-state index contributed by atoms with van der Waals surface area (Å²) in [6, 6.07) is 0. The van der Waals surface area contributed by atoms with Crippen molar-refractivity contribution in [2.45, 2.75) is 82.0 Å². The van der Waals surface area contributed by atoms with Gasteiger partial charge in [0.05, 0.1) is 23.9 Å². The third kappa shape index (κ3) is 2.99. The molecule has 1 aliphatic heterocycles. The van der Waals surface area contributed by atoms with E-state index in [0.717, 1.165) is 18.4 Å². The maximum atomic E-state index is 12.2. The van der Waals surface area contributed by atoms with Gasteiger partial charge in [-0.25, -0.2) is 4.79 Å². The lowest BCUT2D eigenvalue weighted by Crippen LogP contribution is -2.69. The monoisotopic (exact) mass is 452 g/mol. The van der Waals surface area contributed by atoms with E-state index >= 15 is 0 Å². The van der Waals surface area contributed by atoms with Crippen molar-refractivity contribution < 1.29 is 34.9 Å². The van der Waals surface area contributed by atoms with Gasteiger partial charge in [0.25, 0.3) is 0 Å². The molecule has 8 unspecified atom stereocenters. The number of aliphatic hydroxyl groups excluding tert-OH is 1. The number of cyclic esters (lactones) is 1. The molecule has 1 heterocycles. The van der Waals surface area contributed by atoms with E-state index in [1.165, 1.54) is 0 Å². The number of rotatable bonds is 4. The molecule has 4 N–H and O–H groups in total. The van der Waals surface area contributed by atoms with Crippen molar-refractivity contribution in [2.75, 3.05) is 13.2 Å². The second-order valence-electron chi connectivity index (χ2n) is 11.1. The van der Waals surface area contributed by atoms with Gasteiger partial charge in [-0.1, -0.05) is 6.92 Å². The van der Waals surface area contributed by atoms with E-state index in [0.29, 0.717) is 38.5 Å². The summed E-state index contributed by atoms with van der Waals surface area (Å²) in [5.74, 6) is -0.474. The molecule has 8 atom stereocenters. The molecular formula is C23H34NO8-. The first-order chi connectivity index (χ1) is 15.0. The zero-order valence-electron chi connectivity index (χ0n) is 18.5. The Morgan fingerprint density at radius 2 is 1.91 bits per heavy atom. The molecule has 5 rings (SSSR count). The molecule has 0 saturated heterocycles. The molecule has 5 aliphatic rings. The van der Waals surface area contributed by atoms with Gasteiger partial charge in [-0.15, -0.1) is 5.39 Å². The Hall–Kier alpha value is -1.07. The molecular weight excluding hydrogens is 418 g/mol. The number of carbonyl (C=O) groups excluding carboxylic acids is 1. The van der Waals surface area contributed by atoms with Crippen LogP contribution >= 0.6 is 0 Å². The topological polar surface area (TPSA) is 143 Å². The van der Waals surface area contributed by atoms with Crippen molar-refractivity contribution in [3.05, 3.63) is 16.9 Å². The van der Waals surface area contributed by atoms with Gasteiger partial charge in [-0.2, -0.15) is 0 Å². The van der Waals surface area contributed by atoms with Gasteiger partial charge in [0.15, 0.2) is 0 Å². The van der Waals surface area contributed by atoms with Crippen LogP contribution in [0.25, 0.3) is 0 Å². The zero-order chi connectivity index (χ0) is 22.9. The van der Waals surface area contributed by atoms with Crippen molar-refractivity contribution in [1.29, 1.82) is 0 Å². The average Bonchev–Trinajstić information content (AvgIpc) is 3.26. The number of hydrogen-bond donors (Lipinski definition) is 4. The molecule has 0 aromatic carbocycles. The maximum absolute atomic E-state index is 12.2. The molecule has 4 saturated carbocycles. The minimum absolute atomic E-state index is 0.0654. The Labute approximate surface area is 187 Å². The normalized spacial score (nSPS) is 50.5. The number of nitrogens with zero attached hydrogens (tertiary/aromatic N) is 1. The average molecular weight is 453 g/mol. The highest BCUT2D eigenvalue weighted by molar-refractivity contribution is 5.85. The fraction of sp³-hybridized carbons (Fsp3) is 0.870. The molecule has 9 nitrogen and oxygen atoms in total. The second kappa shape index (κ2) is 7.46. The van der Waals surface area contributed by atoms with Crippen molar-refractivity contribution in [3.8, 4) is 0 Å². The van der Waals surface area contributed by atoms with Gasteiger partial charge in [-0.05, 0) is 74.7 Å². The molecule has 0 amide bonds. The summed E-state index contributed by atoms with van der Waals surface area (Å²) in [5, 5.41) is 54.1. The lowest BCUT2D eigenvalue weighted by Gasteiger charge is -2.66. The quantitative estimate of drug-likeness (QED) is 0.371. The highest BCUT2D eigenvalue weighted by atomic mass is 17.1. The van der Waals surface area contributed by atoms with Gasteiger partial charge >= 0.3 is 5.97 Å². The van der Waals surface area contributed by atoms with E-state index in [1.54, 1.807) is 6.08 Å². The molecule has 4 fully saturated rings. The lowest BCUT2D eigenvalue weighted by molar-refractivity contribution is -0.349. The number of esters is 1. The molecule has 0 radical (unpaired) electrons. The summed E-state index contributed by atoms with van der Waals surface area (Å²) < 4.78 is 5.16. The Kier molecular flexibility index (Phi) is 5.30. The molecule has 0 aromatic rings. The third-order valence-electron chi connectivity index (χ3n) is 10.2. The first kappa shape index (κ1) is 22.7. The van der Waals surface area contributed by atoms with E-state index in [4.69, 9.17) is 14.8 Å². The molecule has 4 aliphatic carbocycles. The van der Waals surface area contributed by atoms with Crippen LogP contribution in [0.2, 0.25) is 0 Å². The molecule has 0 bridgehead atoms. The van der Waals surface area contributed by atoms with Gasteiger partial charge < -0.3 is 30.5 Å². The van der Waals surface area contributed by atoms with E-state index in [2.05, 4.69) is 6.92 Å². The first-order valence-electron chi connectivity index (χ1n) is 11.8. The summed E-state index contributed by atoms with van der Waals surface area (Å²) in [4.78, 5) is 16.7. The SMILES string of the molecule is CC12CCC3C(CCC4(O)CC(O)CCC34CON([O-])O)C1(O)CCC2C1=CC(=O)OC1. The maximum Gasteiger partial charge on any atom is 0.331 e. The van der Waals surface area contributed by atoms with Crippen molar-refractivity contribution in [2.24, 2.45) is 28.6 Å². The van der Waals surface area contributed by atoms with Gasteiger partial charge in [0, 0.05) is 23.3 Å². The first-order valence-corrected chi connectivity index (χ1v) is 11.8. The van der Waals surface area contributed by atoms with Gasteiger partial charge in [-0.3, -0.25) is 4.84 Å². The van der Waals surface area contributed by atoms with Gasteiger partial charge in [0.2, 0.25) is 0 Å². The van der Waals surface area contributed by atoms with Crippen LogP contribution < -0.4 is 0 Å². The molecule has 9 heteroatoms. The zero-order valence-corrected chi connectivity index (χ0v) is 18.5. The number of aliphatic hydroxyl groups is 3. The number of hydrogen-bond acceptors (Lipinski definition) is 9. The van der Waals surface area contributed by atoms with E-state index in [-0.39, 0.29) is 43.4 Å². The fourth-order valence-corrected chi connectivity index (χ4v) is 8.66. The summed E-state index contributed by atoms with van der Waals surface area (Å²) in [7, 11) is 0. The summed E-state index contributed by atoms with van der Waals surface area (Å²) in [6.07, 6.45) is 5.92. The minimum atomic E-state index is -1.22. The Morgan fingerprint density at radius 1 is 1.16 bits per heavy atom. The van der Waals surface area contributed by atoms with Crippen LogP contribution in [0.1, 0.15) is 64.7 Å². The Bertz CT molecular complexity index is 818. The smallest absolute Gasteiger partial charge is 0.331 e. The lowest BCUT2D eigenvalue weighted by atomic mass is 9.41. The van der Waals surface area contributed by atoms with Crippen LogP contribution in [0.15, 0.2) is 11.6 Å². The molecule has 0 spiro atoms. The van der Waals surface area contributed by atoms with Crippen LogP contribution in [0.5, 0.6) is 0 Å². The fourth-order valence-electron chi connectivity index (χ4n) is 8.66. The summed E-state index contributed by atoms with van der Waals surface area (Å²) in [6.45, 7) is 2.25. The number of carbonyl (C=O) groups is 1. The van der Waals surface area contributed by atoms with Crippen molar-refractivity contribution in [1.82, 2.24) is 5.39 Å². The Balaban J connectivity index is 1.50. The van der Waals surface area contributed by atoms with Crippen LogP contribution in [-0.2, 0) is 14.4 Å². The van der Waals surface area contributed by atoms with E-state index in [1.807, 2.05) is 0 Å². The predicted molar refractivity (Wildman–Crippen MR) is 110 cm³/mol. The highest BCUT2D eigenvalue weighted by Gasteiger charge is 2.71. The minimum Gasteiger partial charge on any atom is -0.738 e. The molecule has 0 aromatic heterocycles. The van der Waals surface area contributed by atoms with Crippen LogP contribution in [0, 0.1) is 33.8 Å². The standard InChI is InChI=1S/C23H34NO8/c1-20-6-3-17-18(23(20,28)9-5-16(20)14-10-19(26)31-12-14)4-8-22(27)11-15(25)2-7-21(17,22)13-32-24(29)30/h10,15-18,25,27-29H,2-9,11-13H2,1H3/q-1. The van der Waals surface area contributed by atoms with Crippen LogP contribution in [-0.4, -0.2) is 62.4 Å². The Morgan fingerprint density at radius 3 is 2.59 bits per heavy atom. The van der Waals surface area contributed by atoms with Crippen molar-refractivity contribution in [3.63, 3.8) is 0 Å². The highest BCUT2D eigenvalue weighted by Crippen LogP contribution is 2.70.